The van der Waals surface area contributed by atoms with Crippen LogP contribution in [-0.2, 0) is 52.7 Å². The quantitative estimate of drug-likeness (QED) is 0.00828. The second-order valence-electron chi connectivity index (χ2n) is 24.6. The zero-order valence-electron chi connectivity index (χ0n) is 57.9. The number of fused-ring (bicyclic) bond motifs is 3. The zero-order valence-corrected chi connectivity index (χ0v) is 57.9. The predicted molar refractivity (Wildman–Crippen MR) is 407 cm³/mol. The number of aromatic amines is 3. The lowest BCUT2D eigenvalue weighted by Crippen LogP contribution is -2.42. The molecule has 0 bridgehead atoms. The molecule has 2 aliphatic rings. The fraction of sp³-hybridized carbons (Fsp3) is 0.221. The first kappa shape index (κ1) is 74.5. The van der Waals surface area contributed by atoms with Crippen molar-refractivity contribution >= 4 is 104 Å². The molecular formula is C77H83N19O9. The number of methoxy groups -OCH3 is 2. The lowest BCUT2D eigenvalue weighted by molar-refractivity contribution is -0.145. The number of amidine groups is 6. The molecule has 0 saturated carbocycles. The average Bonchev–Trinajstić information content (AvgIpc) is 1.64. The number of rotatable bonds is 27. The summed E-state index contributed by atoms with van der Waals surface area (Å²) in [4.78, 5) is 93.4. The van der Waals surface area contributed by atoms with Crippen molar-refractivity contribution in [2.75, 3.05) is 53.5 Å². The van der Waals surface area contributed by atoms with E-state index in [2.05, 4.69) is 94.0 Å². The number of esters is 2. The Morgan fingerprint density at radius 1 is 0.505 bits per heavy atom. The maximum Gasteiger partial charge on any atom is 0.412 e. The van der Waals surface area contributed by atoms with E-state index in [0.29, 0.717) is 88.2 Å². The SMILES string of the molecule is COC(=O)[C@@H](CCCNC(=O)Oc1ccccc1)NC(=O)Cc1c(-c2ccc(C(=N)N)cc2)[nH]c2cc(C(=N)N)ccc12.COC(=O)[C@H](CCCN)NC(=O)Cc1c(-c2ccc(C(=N)N)cc2)[nH]c2cc(C(=N)N)ccc12.O=CCc1c(-c2ccc(C3=NCCN3)cc2)[nH]c2cc(C3=NCCN3)ccc12. The van der Waals surface area contributed by atoms with E-state index >= 15 is 0 Å². The van der Waals surface area contributed by atoms with Crippen LogP contribution in [0.15, 0.2) is 168 Å². The van der Waals surface area contributed by atoms with Gasteiger partial charge in [-0.3, -0.25) is 41.2 Å². The highest BCUT2D eigenvalue weighted by atomic mass is 16.6. The van der Waals surface area contributed by atoms with Crippen LogP contribution in [0.5, 0.6) is 5.75 Å². The van der Waals surface area contributed by atoms with Crippen molar-refractivity contribution in [2.24, 2.45) is 38.7 Å². The number of carbonyl (C=O) groups is 6. The molecule has 540 valence electrons. The van der Waals surface area contributed by atoms with Crippen LogP contribution >= 0.6 is 0 Å². The number of aldehydes is 1. The number of nitrogens with zero attached hydrogens (tertiary/aromatic N) is 2. The van der Waals surface area contributed by atoms with E-state index in [1.807, 2.05) is 24.3 Å². The molecule has 28 heteroatoms. The van der Waals surface area contributed by atoms with Crippen molar-refractivity contribution in [3.05, 3.63) is 208 Å². The molecule has 7 aromatic carbocycles. The molecule has 0 aliphatic carbocycles. The number of benzene rings is 7. The van der Waals surface area contributed by atoms with Crippen LogP contribution in [0.3, 0.4) is 0 Å². The van der Waals surface area contributed by atoms with E-state index in [9.17, 15) is 28.8 Å². The smallest absolute Gasteiger partial charge is 0.412 e. The lowest BCUT2D eigenvalue weighted by Gasteiger charge is -2.17. The molecule has 28 nitrogen and oxygen atoms in total. The van der Waals surface area contributed by atoms with Gasteiger partial charge in [0.2, 0.25) is 11.8 Å². The molecule has 0 radical (unpaired) electrons. The fourth-order valence-corrected chi connectivity index (χ4v) is 12.3. The summed E-state index contributed by atoms with van der Waals surface area (Å²) >= 11 is 0. The number of carbonyl (C=O) groups excluding carboxylic acids is 6. The van der Waals surface area contributed by atoms with Crippen molar-refractivity contribution in [1.29, 1.82) is 21.6 Å². The van der Waals surface area contributed by atoms with Gasteiger partial charge in [-0.1, -0.05) is 127 Å². The van der Waals surface area contributed by atoms with Gasteiger partial charge in [0.1, 0.15) is 59.1 Å². The molecule has 0 fully saturated rings. The molecule has 2 atom stereocenters. The molecule has 22 N–H and O–H groups in total. The topological polar surface area (TPSA) is 488 Å². The zero-order chi connectivity index (χ0) is 74.7. The summed E-state index contributed by atoms with van der Waals surface area (Å²) in [5.74, 6) is 0.147. The van der Waals surface area contributed by atoms with Gasteiger partial charge in [-0.05, 0) is 95.9 Å². The first-order valence-corrected chi connectivity index (χ1v) is 33.8. The number of hydrogen-bond donors (Lipinski definition) is 17. The number of nitrogen functional groups attached to an aromatic ring is 4. The average molecular weight is 1420 g/mol. The second kappa shape index (κ2) is 34.9. The largest absolute Gasteiger partial charge is 0.467 e. The number of aromatic nitrogens is 3. The third-order valence-corrected chi connectivity index (χ3v) is 17.6. The Balaban J connectivity index is 0.000000173. The van der Waals surface area contributed by atoms with Gasteiger partial charge in [-0.15, -0.1) is 0 Å². The van der Waals surface area contributed by atoms with Gasteiger partial charge in [-0.2, -0.15) is 0 Å². The summed E-state index contributed by atoms with van der Waals surface area (Å²) in [6.07, 6.45) is 2.19. The molecule has 3 amide bonds. The third-order valence-electron chi connectivity index (χ3n) is 17.6. The molecule has 0 saturated heterocycles. The maximum atomic E-state index is 13.3. The number of H-pyrrole nitrogens is 3. The number of nitrogens with two attached hydrogens (primary N) is 5. The molecule has 0 spiro atoms. The van der Waals surface area contributed by atoms with E-state index in [4.69, 9.17) is 64.5 Å². The lowest BCUT2D eigenvalue weighted by atomic mass is 10.00. The summed E-state index contributed by atoms with van der Waals surface area (Å²) in [6.45, 7) is 4.02. The van der Waals surface area contributed by atoms with E-state index in [1.165, 1.54) is 14.2 Å². The Bertz CT molecular complexity index is 4960. The Labute approximate surface area is 603 Å². The summed E-state index contributed by atoms with van der Waals surface area (Å²) in [6, 6.07) is 46.1. The Morgan fingerprint density at radius 2 is 0.905 bits per heavy atom. The third kappa shape index (κ3) is 18.7. The van der Waals surface area contributed by atoms with Gasteiger partial charge < -0.3 is 89.2 Å². The number of para-hydroxylation sites is 1. The molecule has 10 aromatic rings. The first-order valence-electron chi connectivity index (χ1n) is 33.8. The molecule has 5 heterocycles. The van der Waals surface area contributed by atoms with Crippen LogP contribution in [0, 0.1) is 21.6 Å². The van der Waals surface area contributed by atoms with Gasteiger partial charge in [0, 0.05) is 92.1 Å². The van der Waals surface area contributed by atoms with Crippen molar-refractivity contribution in [3.63, 3.8) is 0 Å². The second-order valence-corrected chi connectivity index (χ2v) is 24.6. The fourth-order valence-electron chi connectivity index (χ4n) is 12.3. The van der Waals surface area contributed by atoms with E-state index in [1.54, 1.807) is 91.0 Å². The van der Waals surface area contributed by atoms with Crippen LogP contribution in [0.25, 0.3) is 66.5 Å². The van der Waals surface area contributed by atoms with Crippen molar-refractivity contribution in [2.45, 2.75) is 57.0 Å². The number of ether oxygens (including phenoxy) is 3. The summed E-state index contributed by atoms with van der Waals surface area (Å²) in [7, 11) is 2.52. The Hall–Kier alpha value is -13.2. The van der Waals surface area contributed by atoms with E-state index in [-0.39, 0.29) is 55.1 Å². The van der Waals surface area contributed by atoms with Gasteiger partial charge in [0.05, 0.1) is 57.2 Å². The minimum absolute atomic E-state index is 0.000664. The van der Waals surface area contributed by atoms with Crippen LogP contribution in [0.1, 0.15) is 75.8 Å². The molecule has 105 heavy (non-hydrogen) atoms. The molecule has 2 aliphatic heterocycles. The monoisotopic (exact) mass is 1420 g/mol. The standard InChI is InChI=1S/C31H33N7O5.C24H29N7O3.C22H21N5O/c1-42-30(40)24(8-5-15-36-31(41)43-21-6-3-2-4-7-21)37-26(39)17-23-22-14-13-20(29(34)35)16-25(22)38-27(23)18-9-11-19(12-10-18)28(32)33;1-34-24(33)18(3-2-10-25)30-20(32)12-17-16-9-8-15(23(28)29)11-19(16)31-21(17)13-4-6-14(7-5-13)22(26)27;28-12-7-18-17-6-5-16(22-25-10-11-26-22)13-19(17)27-20(18)14-1-3-15(4-2-14)21-23-8-9-24-21/h2-4,6-7,9-14,16,24,38H,5,8,15,17H2,1H3,(H3,32,33)(H3,34,35)(H,36,41)(H,37,39);4-9,11,18,31H,2-3,10,12,25H2,1H3,(H3,26,27)(H3,28,29)(H,30,32);1-6,12-13,27H,7-11H2,(H,23,24)(H,25,26)/t24-;18-;/m10./s1. The van der Waals surface area contributed by atoms with Crippen LogP contribution < -0.4 is 60.0 Å². The number of hydrogen-bond acceptors (Lipinski definition) is 18. The van der Waals surface area contributed by atoms with E-state index < -0.39 is 36.0 Å². The molecular weight excluding hydrogens is 1330 g/mol. The minimum Gasteiger partial charge on any atom is -0.467 e. The van der Waals surface area contributed by atoms with Gasteiger partial charge >= 0.3 is 18.0 Å². The molecule has 0 unspecified atom stereocenters. The number of aliphatic imine (C=N–C) groups is 2. The number of amides is 3. The number of nitrogens with one attached hydrogen (secondary N) is 12. The highest BCUT2D eigenvalue weighted by Gasteiger charge is 2.27. The highest BCUT2D eigenvalue weighted by molar-refractivity contribution is 6.07. The Kier molecular flexibility index (Phi) is 24.7. The van der Waals surface area contributed by atoms with Crippen molar-refractivity contribution in [1.82, 2.24) is 41.5 Å². The van der Waals surface area contributed by atoms with Crippen molar-refractivity contribution in [3.8, 4) is 39.5 Å². The molecule has 3 aromatic heterocycles. The van der Waals surface area contributed by atoms with Gasteiger partial charge in [0.15, 0.2) is 0 Å². The first-order chi connectivity index (χ1) is 50.7. The van der Waals surface area contributed by atoms with Crippen LogP contribution in [-0.4, -0.2) is 152 Å². The van der Waals surface area contributed by atoms with E-state index in [0.717, 1.165) is 110 Å². The minimum atomic E-state index is -0.933. The summed E-state index contributed by atoms with van der Waals surface area (Å²) in [5, 5.41) is 48.1. The van der Waals surface area contributed by atoms with Gasteiger partial charge in [-0.25, -0.2) is 14.4 Å². The van der Waals surface area contributed by atoms with Crippen molar-refractivity contribution < 1.29 is 43.0 Å². The predicted octanol–water partition coefficient (Wildman–Crippen LogP) is 6.79. The maximum absolute atomic E-state index is 13.3. The summed E-state index contributed by atoms with van der Waals surface area (Å²) in [5.41, 5.74) is 42.2. The normalized spacial score (nSPS) is 12.7. The van der Waals surface area contributed by atoms with Gasteiger partial charge in [0.25, 0.3) is 0 Å². The van der Waals surface area contributed by atoms with Crippen LogP contribution in [0.2, 0.25) is 0 Å². The Morgan fingerprint density at radius 3 is 1.34 bits per heavy atom. The summed E-state index contributed by atoms with van der Waals surface area (Å²) < 4.78 is 14.9. The highest BCUT2D eigenvalue weighted by Crippen LogP contribution is 2.35. The van der Waals surface area contributed by atoms with Crippen LogP contribution in [0.4, 0.5) is 4.79 Å². The molecule has 12 rings (SSSR count).